The summed E-state index contributed by atoms with van der Waals surface area (Å²) in [4.78, 5) is 11.0. The molecule has 2 aromatic carbocycles. The van der Waals surface area contributed by atoms with Gasteiger partial charge >= 0.3 is 0 Å². The number of rotatable bonds is 3. The number of benzene rings is 2. The summed E-state index contributed by atoms with van der Waals surface area (Å²) in [5.74, 6) is 0.182. The Morgan fingerprint density at radius 3 is 2.22 bits per heavy atom. The predicted octanol–water partition coefficient (Wildman–Crippen LogP) is 4.45. The molecule has 0 saturated heterocycles. The maximum atomic E-state index is 11.0. The molecule has 0 saturated carbocycles. The molecule has 0 radical (unpaired) electrons. The van der Waals surface area contributed by atoms with Crippen molar-refractivity contribution in [3.63, 3.8) is 0 Å². The minimum absolute atomic E-state index is 0.182. The quantitative estimate of drug-likeness (QED) is 0.795. The number of Topliss-reactive ketones (excluding diaryl/α,β-unsaturated/α-hetero) is 1. The summed E-state index contributed by atoms with van der Waals surface area (Å²) >= 11 is 6.12. The van der Waals surface area contributed by atoms with Gasteiger partial charge in [0.25, 0.3) is 0 Å². The van der Waals surface area contributed by atoms with Crippen molar-refractivity contribution in [3.8, 4) is 11.1 Å². The number of halogens is 1. The van der Waals surface area contributed by atoms with Crippen LogP contribution in [0.5, 0.6) is 0 Å². The lowest BCUT2D eigenvalue weighted by Crippen LogP contribution is -1.95. The van der Waals surface area contributed by atoms with Crippen molar-refractivity contribution in [1.82, 2.24) is 0 Å². The molecule has 18 heavy (non-hydrogen) atoms. The van der Waals surface area contributed by atoms with E-state index in [1.807, 2.05) is 43.3 Å². The van der Waals surface area contributed by atoms with E-state index in [1.165, 1.54) is 0 Å². The summed E-state index contributed by atoms with van der Waals surface area (Å²) in [6.07, 6.45) is 0.495. The molecule has 92 valence electrons. The molecule has 2 heteroatoms. The topological polar surface area (TPSA) is 17.1 Å². The third-order valence-corrected chi connectivity index (χ3v) is 3.32. The molecular weight excluding hydrogens is 244 g/mol. The first-order chi connectivity index (χ1) is 8.56. The Balaban J connectivity index is 2.28. The van der Waals surface area contributed by atoms with Crippen LogP contribution in [0, 0.1) is 6.92 Å². The number of carbonyl (C=O) groups excluding carboxylic acids is 1. The first-order valence-electron chi connectivity index (χ1n) is 5.91. The molecule has 0 atom stereocenters. The molecule has 0 bridgehead atoms. The van der Waals surface area contributed by atoms with Gasteiger partial charge in [0.1, 0.15) is 5.78 Å². The zero-order valence-corrected chi connectivity index (χ0v) is 11.3. The standard InChI is InChI=1S/C16H15ClO/c1-11-3-6-15(10-16(11)17)14-7-4-13(5-8-14)9-12(2)18/h3-8,10H,9H2,1-2H3. The van der Waals surface area contributed by atoms with E-state index in [4.69, 9.17) is 11.6 Å². The molecule has 2 rings (SSSR count). The maximum Gasteiger partial charge on any atom is 0.134 e. The van der Waals surface area contributed by atoms with Gasteiger partial charge in [0, 0.05) is 11.4 Å². The van der Waals surface area contributed by atoms with Gasteiger partial charge in [-0.1, -0.05) is 48.0 Å². The molecular formula is C16H15ClO. The number of ketones is 1. The third-order valence-electron chi connectivity index (χ3n) is 2.91. The molecule has 0 aliphatic carbocycles. The summed E-state index contributed by atoms with van der Waals surface area (Å²) in [5, 5.41) is 0.778. The van der Waals surface area contributed by atoms with E-state index in [9.17, 15) is 4.79 Å². The SMILES string of the molecule is CC(=O)Cc1ccc(-c2ccc(C)c(Cl)c2)cc1. The van der Waals surface area contributed by atoms with E-state index >= 15 is 0 Å². The van der Waals surface area contributed by atoms with E-state index in [1.54, 1.807) is 6.92 Å². The Morgan fingerprint density at radius 2 is 1.67 bits per heavy atom. The zero-order chi connectivity index (χ0) is 13.1. The molecule has 0 heterocycles. The van der Waals surface area contributed by atoms with Crippen molar-refractivity contribution in [2.24, 2.45) is 0 Å². The highest BCUT2D eigenvalue weighted by molar-refractivity contribution is 6.31. The second-order valence-corrected chi connectivity index (χ2v) is 4.95. The fourth-order valence-electron chi connectivity index (χ4n) is 1.87. The first kappa shape index (κ1) is 12.8. The molecule has 0 aliphatic rings. The lowest BCUT2D eigenvalue weighted by molar-refractivity contribution is -0.116. The van der Waals surface area contributed by atoms with Gasteiger partial charge in [0.15, 0.2) is 0 Å². The highest BCUT2D eigenvalue weighted by Crippen LogP contribution is 2.25. The van der Waals surface area contributed by atoms with Crippen LogP contribution < -0.4 is 0 Å². The molecule has 0 aliphatic heterocycles. The van der Waals surface area contributed by atoms with Gasteiger partial charge in [-0.05, 0) is 42.2 Å². The van der Waals surface area contributed by atoms with Crippen LogP contribution in [0.1, 0.15) is 18.1 Å². The molecule has 0 amide bonds. The lowest BCUT2D eigenvalue weighted by Gasteiger charge is -2.05. The fraction of sp³-hybridized carbons (Fsp3) is 0.188. The van der Waals surface area contributed by atoms with E-state index in [0.29, 0.717) is 6.42 Å². The average molecular weight is 259 g/mol. The molecule has 0 fully saturated rings. The Morgan fingerprint density at radius 1 is 1.06 bits per heavy atom. The van der Waals surface area contributed by atoms with E-state index in [-0.39, 0.29) is 5.78 Å². The van der Waals surface area contributed by atoms with Crippen LogP contribution in [0.4, 0.5) is 0 Å². The number of hydrogen-bond donors (Lipinski definition) is 0. The van der Waals surface area contributed by atoms with Gasteiger partial charge < -0.3 is 0 Å². The Bertz CT molecular complexity index is 570. The summed E-state index contributed by atoms with van der Waals surface area (Å²) < 4.78 is 0. The fourth-order valence-corrected chi connectivity index (χ4v) is 2.06. The normalized spacial score (nSPS) is 10.4. The van der Waals surface area contributed by atoms with Crippen molar-refractivity contribution in [2.45, 2.75) is 20.3 Å². The van der Waals surface area contributed by atoms with Crippen molar-refractivity contribution < 1.29 is 4.79 Å². The molecule has 0 spiro atoms. The zero-order valence-electron chi connectivity index (χ0n) is 10.5. The molecule has 0 N–H and O–H groups in total. The Hall–Kier alpha value is -1.60. The van der Waals surface area contributed by atoms with Crippen molar-refractivity contribution in [2.75, 3.05) is 0 Å². The van der Waals surface area contributed by atoms with Crippen LogP contribution >= 0.6 is 11.6 Å². The number of aryl methyl sites for hydroxylation is 1. The van der Waals surface area contributed by atoms with Crippen LogP contribution in [-0.4, -0.2) is 5.78 Å². The highest BCUT2D eigenvalue weighted by Gasteiger charge is 2.02. The monoisotopic (exact) mass is 258 g/mol. The predicted molar refractivity (Wildman–Crippen MR) is 76.0 cm³/mol. The van der Waals surface area contributed by atoms with E-state index < -0.39 is 0 Å². The van der Waals surface area contributed by atoms with Gasteiger partial charge in [-0.3, -0.25) is 4.79 Å². The van der Waals surface area contributed by atoms with Gasteiger partial charge in [0.05, 0.1) is 0 Å². The van der Waals surface area contributed by atoms with E-state index in [0.717, 1.165) is 27.3 Å². The van der Waals surface area contributed by atoms with Crippen molar-refractivity contribution in [3.05, 3.63) is 58.6 Å². The second-order valence-electron chi connectivity index (χ2n) is 4.54. The smallest absolute Gasteiger partial charge is 0.134 e. The number of hydrogen-bond acceptors (Lipinski definition) is 1. The van der Waals surface area contributed by atoms with Gasteiger partial charge in [-0.25, -0.2) is 0 Å². The van der Waals surface area contributed by atoms with Crippen molar-refractivity contribution in [1.29, 1.82) is 0 Å². The van der Waals surface area contributed by atoms with Crippen LogP contribution in [0.15, 0.2) is 42.5 Å². The van der Waals surface area contributed by atoms with Crippen LogP contribution in [0.25, 0.3) is 11.1 Å². The minimum Gasteiger partial charge on any atom is -0.300 e. The Labute approximate surface area is 112 Å². The summed E-state index contributed by atoms with van der Waals surface area (Å²) in [7, 11) is 0. The Kier molecular flexibility index (Phi) is 3.83. The molecule has 1 nitrogen and oxygen atoms in total. The number of carbonyl (C=O) groups is 1. The first-order valence-corrected chi connectivity index (χ1v) is 6.29. The van der Waals surface area contributed by atoms with Gasteiger partial charge in [-0.2, -0.15) is 0 Å². The molecule has 0 unspecified atom stereocenters. The molecule has 2 aromatic rings. The van der Waals surface area contributed by atoms with Crippen molar-refractivity contribution >= 4 is 17.4 Å². The van der Waals surface area contributed by atoms with Crippen LogP contribution in [0.2, 0.25) is 5.02 Å². The third kappa shape index (κ3) is 2.99. The lowest BCUT2D eigenvalue weighted by atomic mass is 10.0. The summed E-state index contributed by atoms with van der Waals surface area (Å²) in [6, 6.07) is 14.1. The summed E-state index contributed by atoms with van der Waals surface area (Å²) in [6.45, 7) is 3.59. The average Bonchev–Trinajstić information content (AvgIpc) is 2.33. The van der Waals surface area contributed by atoms with Gasteiger partial charge in [-0.15, -0.1) is 0 Å². The second kappa shape index (κ2) is 5.36. The maximum absolute atomic E-state index is 11.0. The van der Waals surface area contributed by atoms with Crippen LogP contribution in [0.3, 0.4) is 0 Å². The largest absolute Gasteiger partial charge is 0.300 e. The van der Waals surface area contributed by atoms with Crippen LogP contribution in [-0.2, 0) is 11.2 Å². The highest BCUT2D eigenvalue weighted by atomic mass is 35.5. The van der Waals surface area contributed by atoms with Gasteiger partial charge in [0.2, 0.25) is 0 Å². The van der Waals surface area contributed by atoms with E-state index in [2.05, 4.69) is 6.07 Å². The summed E-state index contributed by atoms with van der Waals surface area (Å²) in [5.41, 5.74) is 4.34. The minimum atomic E-state index is 0.182. The molecule has 0 aromatic heterocycles.